The summed E-state index contributed by atoms with van der Waals surface area (Å²) in [6, 6.07) is 5.23. The number of carbonyl (C=O) groups is 1. The van der Waals surface area contributed by atoms with E-state index in [1.54, 1.807) is 12.1 Å². The highest BCUT2D eigenvalue weighted by Gasteiger charge is 2.05. The van der Waals surface area contributed by atoms with Crippen molar-refractivity contribution in [3.05, 3.63) is 23.8 Å². The van der Waals surface area contributed by atoms with E-state index in [4.69, 9.17) is 4.74 Å². The molecule has 1 aromatic carbocycles. The Balaban J connectivity index is 2.28. The van der Waals surface area contributed by atoms with Crippen molar-refractivity contribution >= 4 is 5.91 Å². The molecule has 1 amide bonds. The molecule has 0 atom stereocenters. The summed E-state index contributed by atoms with van der Waals surface area (Å²) in [4.78, 5) is 11.3. The molecule has 0 saturated carbocycles. The minimum atomic E-state index is 0.0151. The van der Waals surface area contributed by atoms with Crippen molar-refractivity contribution in [2.45, 2.75) is 20.4 Å². The average Bonchev–Trinajstić information content (AvgIpc) is 2.39. The Hall–Kier alpha value is -1.75. The second-order valence-electron chi connectivity index (χ2n) is 4.63. The van der Waals surface area contributed by atoms with Crippen LogP contribution in [0.3, 0.4) is 0 Å². The first-order valence-electron chi connectivity index (χ1n) is 6.39. The number of nitrogens with one attached hydrogen (secondary N) is 2. The van der Waals surface area contributed by atoms with E-state index < -0.39 is 0 Å². The lowest BCUT2D eigenvalue weighted by Crippen LogP contribution is -2.34. The highest BCUT2D eigenvalue weighted by molar-refractivity contribution is 5.77. The normalized spacial score (nSPS) is 10.5. The van der Waals surface area contributed by atoms with E-state index in [1.165, 1.54) is 7.11 Å². The smallest absolute Gasteiger partial charge is 0.222 e. The molecule has 0 radical (unpaired) electrons. The second-order valence-corrected chi connectivity index (χ2v) is 4.63. The van der Waals surface area contributed by atoms with Gasteiger partial charge in [-0.1, -0.05) is 19.9 Å². The van der Waals surface area contributed by atoms with Crippen LogP contribution in [-0.2, 0) is 11.3 Å². The van der Waals surface area contributed by atoms with Crippen LogP contribution in [0, 0.1) is 5.92 Å². The molecule has 0 aromatic heterocycles. The van der Waals surface area contributed by atoms with Gasteiger partial charge in [0.1, 0.15) is 0 Å². The Labute approximate surface area is 114 Å². The van der Waals surface area contributed by atoms with Gasteiger partial charge in [0, 0.05) is 25.6 Å². The summed E-state index contributed by atoms with van der Waals surface area (Å²) in [5.74, 6) is 0.678. The minimum Gasteiger partial charge on any atom is -0.504 e. The monoisotopic (exact) mass is 266 g/mol. The molecule has 0 aliphatic rings. The van der Waals surface area contributed by atoms with Gasteiger partial charge >= 0.3 is 0 Å². The predicted molar refractivity (Wildman–Crippen MR) is 74.2 cm³/mol. The summed E-state index contributed by atoms with van der Waals surface area (Å²) in [7, 11) is 1.52. The van der Waals surface area contributed by atoms with Crippen molar-refractivity contribution < 1.29 is 14.6 Å². The van der Waals surface area contributed by atoms with Crippen molar-refractivity contribution in [3.63, 3.8) is 0 Å². The lowest BCUT2D eigenvalue weighted by Gasteiger charge is -2.10. The Bertz CT molecular complexity index is 419. The van der Waals surface area contributed by atoms with Crippen LogP contribution < -0.4 is 15.4 Å². The van der Waals surface area contributed by atoms with Gasteiger partial charge < -0.3 is 20.5 Å². The van der Waals surface area contributed by atoms with Crippen molar-refractivity contribution in [2.24, 2.45) is 5.92 Å². The van der Waals surface area contributed by atoms with Crippen LogP contribution in [0.4, 0.5) is 0 Å². The maximum absolute atomic E-state index is 11.3. The summed E-state index contributed by atoms with van der Waals surface area (Å²) in [5.41, 5.74) is 1.02. The molecule has 0 unspecified atom stereocenters. The molecule has 5 heteroatoms. The van der Waals surface area contributed by atoms with Crippen LogP contribution in [0.15, 0.2) is 18.2 Å². The number of phenolic OH excluding ortho intramolecular Hbond substituents is 1. The van der Waals surface area contributed by atoms with Crippen LogP contribution in [0.1, 0.15) is 19.4 Å². The number of ether oxygens (including phenoxy) is 1. The van der Waals surface area contributed by atoms with Gasteiger partial charge in [0.25, 0.3) is 0 Å². The fraction of sp³-hybridized carbons (Fsp3) is 0.500. The summed E-state index contributed by atoms with van der Waals surface area (Å²) >= 11 is 0. The SMILES string of the molecule is COc1cc(CNCCNC(=O)C(C)C)ccc1O. The van der Waals surface area contributed by atoms with Gasteiger partial charge in [-0.15, -0.1) is 0 Å². The van der Waals surface area contributed by atoms with Crippen LogP contribution in [0.25, 0.3) is 0 Å². The molecule has 3 N–H and O–H groups in total. The van der Waals surface area contributed by atoms with Crippen molar-refractivity contribution in [1.82, 2.24) is 10.6 Å². The van der Waals surface area contributed by atoms with E-state index in [0.29, 0.717) is 25.4 Å². The zero-order chi connectivity index (χ0) is 14.3. The highest BCUT2D eigenvalue weighted by atomic mass is 16.5. The first-order valence-corrected chi connectivity index (χ1v) is 6.39. The van der Waals surface area contributed by atoms with E-state index in [0.717, 1.165) is 5.56 Å². The Morgan fingerprint density at radius 3 is 2.74 bits per heavy atom. The Morgan fingerprint density at radius 2 is 2.11 bits per heavy atom. The van der Waals surface area contributed by atoms with E-state index in [-0.39, 0.29) is 17.6 Å². The van der Waals surface area contributed by atoms with E-state index in [1.807, 2.05) is 19.9 Å². The molecule has 5 nitrogen and oxygen atoms in total. The fourth-order valence-corrected chi connectivity index (χ4v) is 1.54. The number of aromatic hydroxyl groups is 1. The number of benzene rings is 1. The molecule has 19 heavy (non-hydrogen) atoms. The second kappa shape index (κ2) is 7.63. The highest BCUT2D eigenvalue weighted by Crippen LogP contribution is 2.25. The molecule has 0 aliphatic heterocycles. The number of methoxy groups -OCH3 is 1. The third-order valence-corrected chi connectivity index (χ3v) is 2.70. The molecule has 1 rings (SSSR count). The molecule has 0 bridgehead atoms. The van der Waals surface area contributed by atoms with Gasteiger partial charge in [-0.2, -0.15) is 0 Å². The molecule has 1 aromatic rings. The molecule has 0 fully saturated rings. The van der Waals surface area contributed by atoms with Crippen LogP contribution >= 0.6 is 0 Å². The molecular weight excluding hydrogens is 244 g/mol. The van der Waals surface area contributed by atoms with Crippen LogP contribution in [-0.4, -0.2) is 31.2 Å². The maximum atomic E-state index is 11.3. The lowest BCUT2D eigenvalue weighted by molar-refractivity contribution is -0.123. The zero-order valence-corrected chi connectivity index (χ0v) is 11.7. The number of hydrogen-bond donors (Lipinski definition) is 3. The van der Waals surface area contributed by atoms with E-state index in [2.05, 4.69) is 10.6 Å². The number of rotatable bonds is 7. The van der Waals surface area contributed by atoms with Gasteiger partial charge in [-0.05, 0) is 17.7 Å². The molecule has 0 saturated heterocycles. The largest absolute Gasteiger partial charge is 0.504 e. The van der Waals surface area contributed by atoms with Crippen LogP contribution in [0.5, 0.6) is 11.5 Å². The summed E-state index contributed by atoms with van der Waals surface area (Å²) in [6.07, 6.45) is 0. The quantitative estimate of drug-likeness (QED) is 0.650. The van der Waals surface area contributed by atoms with Gasteiger partial charge in [0.05, 0.1) is 7.11 Å². The van der Waals surface area contributed by atoms with Gasteiger partial charge in [0.15, 0.2) is 11.5 Å². The lowest BCUT2D eigenvalue weighted by atomic mass is 10.2. The molecule has 0 spiro atoms. The number of amides is 1. The maximum Gasteiger partial charge on any atom is 0.222 e. The molecular formula is C14H22N2O3. The average molecular weight is 266 g/mol. The Kier molecular flexibility index (Phi) is 6.15. The first kappa shape index (κ1) is 15.3. The number of phenols is 1. The van der Waals surface area contributed by atoms with Crippen molar-refractivity contribution in [1.29, 1.82) is 0 Å². The van der Waals surface area contributed by atoms with E-state index in [9.17, 15) is 9.90 Å². The minimum absolute atomic E-state index is 0.0151. The van der Waals surface area contributed by atoms with Crippen molar-refractivity contribution in [3.8, 4) is 11.5 Å². The third-order valence-electron chi connectivity index (χ3n) is 2.70. The fourth-order valence-electron chi connectivity index (χ4n) is 1.54. The molecule has 106 valence electrons. The van der Waals surface area contributed by atoms with Crippen molar-refractivity contribution in [2.75, 3.05) is 20.2 Å². The third kappa shape index (κ3) is 5.18. The number of carbonyl (C=O) groups excluding carboxylic acids is 1. The molecule has 0 heterocycles. The van der Waals surface area contributed by atoms with Gasteiger partial charge in [-0.3, -0.25) is 4.79 Å². The summed E-state index contributed by atoms with van der Waals surface area (Å²) in [5, 5.41) is 15.5. The zero-order valence-electron chi connectivity index (χ0n) is 11.7. The number of hydrogen-bond acceptors (Lipinski definition) is 4. The Morgan fingerprint density at radius 1 is 1.37 bits per heavy atom. The predicted octanol–water partition coefficient (Wildman–Crippen LogP) is 1.26. The first-order chi connectivity index (χ1) is 9.04. The standard InChI is InChI=1S/C14H22N2O3/c1-10(2)14(18)16-7-6-15-9-11-4-5-12(17)13(8-11)19-3/h4-5,8,10,15,17H,6-7,9H2,1-3H3,(H,16,18). The summed E-state index contributed by atoms with van der Waals surface area (Å²) in [6.45, 7) is 5.69. The van der Waals surface area contributed by atoms with Gasteiger partial charge in [-0.25, -0.2) is 0 Å². The molecule has 0 aliphatic carbocycles. The van der Waals surface area contributed by atoms with Gasteiger partial charge in [0.2, 0.25) is 5.91 Å². The summed E-state index contributed by atoms with van der Waals surface area (Å²) < 4.78 is 5.04. The topological polar surface area (TPSA) is 70.6 Å². The van der Waals surface area contributed by atoms with E-state index >= 15 is 0 Å². The van der Waals surface area contributed by atoms with Crippen LogP contribution in [0.2, 0.25) is 0 Å².